The van der Waals surface area contributed by atoms with Crippen molar-refractivity contribution >= 4 is 40.5 Å². The third-order valence-electron chi connectivity index (χ3n) is 3.94. The van der Waals surface area contributed by atoms with Crippen molar-refractivity contribution in [3.05, 3.63) is 0 Å². The van der Waals surface area contributed by atoms with Crippen LogP contribution in [0.25, 0.3) is 0 Å². The Kier molecular flexibility index (Phi) is 3.93. The molecule has 2 unspecified atom stereocenters. The van der Waals surface area contributed by atoms with E-state index in [1.165, 1.54) is 0 Å². The number of hydrogen-bond acceptors (Lipinski definition) is 7. The Bertz CT molecular complexity index is 480. The lowest BCUT2D eigenvalue weighted by atomic mass is 10.3. The molecular weight excluding hydrogens is 312 g/mol. The lowest BCUT2D eigenvalue weighted by molar-refractivity contribution is -0.153. The molecule has 116 valence electrons. The number of carbonyl (C=O) groups is 4. The van der Waals surface area contributed by atoms with Gasteiger partial charge in [0.2, 0.25) is 0 Å². The Morgan fingerprint density at radius 3 is 1.38 bits per heavy atom. The molecule has 21 heavy (non-hydrogen) atoms. The number of ether oxygens (including phenoxy) is 2. The van der Waals surface area contributed by atoms with E-state index < -0.39 is 51.6 Å². The first-order valence-electron chi connectivity index (χ1n) is 6.72. The van der Waals surface area contributed by atoms with E-state index in [2.05, 4.69) is 9.47 Å². The highest BCUT2D eigenvalue weighted by molar-refractivity contribution is 6.89. The van der Waals surface area contributed by atoms with Crippen LogP contribution < -0.4 is 0 Å². The summed E-state index contributed by atoms with van der Waals surface area (Å²) in [4.78, 5) is 46.0. The average Bonchev–Trinajstić information content (AvgIpc) is 2.80. The minimum absolute atomic E-state index is 0.0244. The summed E-state index contributed by atoms with van der Waals surface area (Å²) in [7, 11) is -5.16. The third kappa shape index (κ3) is 3.14. The van der Waals surface area contributed by atoms with Crippen molar-refractivity contribution in [2.24, 2.45) is 0 Å². The van der Waals surface area contributed by atoms with Crippen molar-refractivity contribution in [3.8, 4) is 0 Å². The minimum atomic E-state index is -2.58. The fourth-order valence-corrected chi connectivity index (χ4v) is 12.0. The Balaban J connectivity index is 2.15. The zero-order valence-electron chi connectivity index (χ0n) is 12.4. The van der Waals surface area contributed by atoms with Gasteiger partial charge in [-0.1, -0.05) is 0 Å². The van der Waals surface area contributed by atoms with E-state index in [4.69, 9.17) is 4.12 Å². The van der Waals surface area contributed by atoms with E-state index in [1.54, 1.807) is 0 Å². The topological polar surface area (TPSA) is 96.0 Å². The molecule has 2 fully saturated rings. The fraction of sp³-hybridized carbons (Fsp3) is 0.667. The predicted octanol–water partition coefficient (Wildman–Crippen LogP) is 1.10. The second-order valence-corrected chi connectivity index (χ2v) is 15.0. The summed E-state index contributed by atoms with van der Waals surface area (Å²) in [5.41, 5.74) is -1.13. The summed E-state index contributed by atoms with van der Waals surface area (Å²) in [6.45, 7) is 7.31. The Morgan fingerprint density at radius 1 is 0.810 bits per heavy atom. The first kappa shape index (κ1) is 16.1. The lowest BCUT2D eigenvalue weighted by Gasteiger charge is -2.37. The molecular formula is C12H18O7Si2. The smallest absolute Gasteiger partial charge is 0.316 e. The molecule has 0 bridgehead atoms. The number of rotatable bonds is 4. The van der Waals surface area contributed by atoms with E-state index in [0.29, 0.717) is 0 Å². The summed E-state index contributed by atoms with van der Waals surface area (Å²) < 4.78 is 15.4. The van der Waals surface area contributed by atoms with E-state index in [0.717, 1.165) is 0 Å². The zero-order chi connectivity index (χ0) is 16.0. The van der Waals surface area contributed by atoms with Crippen molar-refractivity contribution in [2.45, 2.75) is 50.1 Å². The van der Waals surface area contributed by atoms with E-state index in [1.807, 2.05) is 26.2 Å². The standard InChI is InChI=1S/C12H18O7Si2/c1-20(2,7-5-9(13)17-11(7)15)19-21(3,4)8-6-10(14)18-12(8)16/h7-8H,5-6H2,1-4H3. The second kappa shape index (κ2) is 5.14. The highest BCUT2D eigenvalue weighted by Crippen LogP contribution is 2.40. The molecule has 0 aromatic rings. The SMILES string of the molecule is C[Si](C)(O[Si](C)(C)C1CC(=O)OC1=O)C1CC(=O)OC1=O. The molecule has 2 aliphatic heterocycles. The van der Waals surface area contributed by atoms with Crippen molar-refractivity contribution in [1.29, 1.82) is 0 Å². The summed E-state index contributed by atoms with van der Waals surface area (Å²) in [5.74, 6) is -2.17. The average molecular weight is 330 g/mol. The van der Waals surface area contributed by atoms with Gasteiger partial charge in [-0.25, -0.2) is 0 Å². The van der Waals surface area contributed by atoms with Crippen LogP contribution in [0.5, 0.6) is 0 Å². The maximum atomic E-state index is 11.7. The van der Waals surface area contributed by atoms with Gasteiger partial charge < -0.3 is 13.6 Å². The van der Waals surface area contributed by atoms with Crippen molar-refractivity contribution < 1.29 is 32.8 Å². The molecule has 2 heterocycles. The normalized spacial score (nSPS) is 27.0. The summed E-state index contributed by atoms with van der Waals surface area (Å²) in [5, 5.41) is 0. The van der Waals surface area contributed by atoms with Crippen LogP contribution in [0, 0.1) is 0 Å². The van der Waals surface area contributed by atoms with Crippen LogP contribution in [-0.4, -0.2) is 40.5 Å². The van der Waals surface area contributed by atoms with Gasteiger partial charge in [0.1, 0.15) is 0 Å². The molecule has 0 radical (unpaired) electrons. The van der Waals surface area contributed by atoms with Gasteiger partial charge in [0.05, 0.1) is 23.9 Å². The van der Waals surface area contributed by atoms with Gasteiger partial charge in [-0.05, 0) is 26.2 Å². The molecule has 2 atom stereocenters. The highest BCUT2D eigenvalue weighted by Gasteiger charge is 2.54. The van der Waals surface area contributed by atoms with Gasteiger partial charge in [-0.3, -0.25) is 19.2 Å². The fourth-order valence-electron chi connectivity index (χ4n) is 2.83. The molecule has 0 aromatic heterocycles. The van der Waals surface area contributed by atoms with Gasteiger partial charge in [0.15, 0.2) is 16.6 Å². The van der Waals surface area contributed by atoms with Crippen LogP contribution in [0.15, 0.2) is 0 Å². The van der Waals surface area contributed by atoms with Crippen LogP contribution in [0.4, 0.5) is 0 Å². The molecule has 0 spiro atoms. The second-order valence-electron chi connectivity index (χ2n) is 6.41. The monoisotopic (exact) mass is 330 g/mol. The van der Waals surface area contributed by atoms with E-state index in [9.17, 15) is 19.2 Å². The van der Waals surface area contributed by atoms with Gasteiger partial charge in [0, 0.05) is 0 Å². The summed E-state index contributed by atoms with van der Waals surface area (Å²) in [6.07, 6.45) is 0.0488. The molecule has 7 nitrogen and oxygen atoms in total. The molecule has 0 N–H and O–H groups in total. The molecule has 0 aromatic carbocycles. The van der Waals surface area contributed by atoms with Crippen LogP contribution in [-0.2, 0) is 32.8 Å². The first-order chi connectivity index (χ1) is 9.53. The quantitative estimate of drug-likeness (QED) is 0.432. The first-order valence-corrected chi connectivity index (χ1v) is 12.7. The van der Waals surface area contributed by atoms with Crippen LogP contribution in [0.3, 0.4) is 0 Å². The minimum Gasteiger partial charge on any atom is -0.454 e. The molecule has 0 aliphatic carbocycles. The molecule has 2 saturated heterocycles. The largest absolute Gasteiger partial charge is 0.454 e. The molecule has 0 amide bonds. The number of carbonyl (C=O) groups excluding carboxylic acids is 4. The Morgan fingerprint density at radius 2 is 1.14 bits per heavy atom. The Hall–Kier alpha value is -1.33. The predicted molar refractivity (Wildman–Crippen MR) is 75.0 cm³/mol. The van der Waals surface area contributed by atoms with Gasteiger partial charge in [-0.2, -0.15) is 0 Å². The van der Waals surface area contributed by atoms with E-state index >= 15 is 0 Å². The highest BCUT2D eigenvalue weighted by atomic mass is 28.4. The number of cyclic esters (lactones) is 4. The molecule has 0 saturated carbocycles. The van der Waals surface area contributed by atoms with Crippen LogP contribution >= 0.6 is 0 Å². The molecule has 2 aliphatic rings. The maximum Gasteiger partial charge on any atom is 0.316 e. The molecule has 9 heteroatoms. The summed E-state index contributed by atoms with van der Waals surface area (Å²) in [6, 6.07) is 0. The van der Waals surface area contributed by atoms with E-state index in [-0.39, 0.29) is 12.8 Å². The number of hydrogen-bond donors (Lipinski definition) is 0. The third-order valence-corrected chi connectivity index (χ3v) is 12.4. The number of esters is 4. The lowest BCUT2D eigenvalue weighted by Crippen LogP contribution is -2.51. The van der Waals surface area contributed by atoms with Crippen LogP contribution in [0.2, 0.25) is 37.3 Å². The van der Waals surface area contributed by atoms with Crippen molar-refractivity contribution in [2.75, 3.05) is 0 Å². The van der Waals surface area contributed by atoms with Gasteiger partial charge in [0.25, 0.3) is 0 Å². The van der Waals surface area contributed by atoms with Crippen molar-refractivity contribution in [1.82, 2.24) is 0 Å². The zero-order valence-corrected chi connectivity index (χ0v) is 14.4. The molecule has 2 rings (SSSR count). The maximum absolute atomic E-state index is 11.7. The van der Waals surface area contributed by atoms with Gasteiger partial charge in [-0.15, -0.1) is 0 Å². The summed E-state index contributed by atoms with van der Waals surface area (Å²) >= 11 is 0. The van der Waals surface area contributed by atoms with Crippen molar-refractivity contribution in [3.63, 3.8) is 0 Å². The van der Waals surface area contributed by atoms with Gasteiger partial charge >= 0.3 is 23.9 Å². The van der Waals surface area contributed by atoms with Crippen LogP contribution in [0.1, 0.15) is 12.8 Å². The Labute approximate surface area is 124 Å².